The highest BCUT2D eigenvalue weighted by Crippen LogP contribution is 2.12. The summed E-state index contributed by atoms with van der Waals surface area (Å²) in [7, 11) is 5.98. The maximum absolute atomic E-state index is 5.29. The first-order valence-corrected chi connectivity index (χ1v) is 5.76. The fourth-order valence-corrected chi connectivity index (χ4v) is 2.40. The average Bonchev–Trinajstić information content (AvgIpc) is 2.17. The molecule has 1 rings (SSSR count). The second-order valence-corrected chi connectivity index (χ2v) is 4.52. The van der Waals surface area contributed by atoms with Crippen LogP contribution in [0.1, 0.15) is 6.92 Å². The summed E-state index contributed by atoms with van der Waals surface area (Å²) < 4.78 is 5.29. The lowest BCUT2D eigenvalue weighted by molar-refractivity contribution is 0.0237. The van der Waals surface area contributed by atoms with Crippen molar-refractivity contribution in [3.63, 3.8) is 0 Å². The summed E-state index contributed by atoms with van der Waals surface area (Å²) in [6, 6.07) is 1.13. The number of hydrogen-bond acceptors (Lipinski definition) is 4. The van der Waals surface area contributed by atoms with Crippen molar-refractivity contribution >= 4 is 0 Å². The molecular weight excluding hydrogens is 190 g/mol. The smallest absolute Gasteiger partial charge is 0.0630 e. The molecule has 0 aliphatic carbocycles. The van der Waals surface area contributed by atoms with Crippen LogP contribution in [0.4, 0.5) is 0 Å². The first-order chi connectivity index (χ1) is 7.19. The van der Waals surface area contributed by atoms with Crippen LogP contribution >= 0.6 is 0 Å². The molecule has 90 valence electrons. The van der Waals surface area contributed by atoms with Gasteiger partial charge in [0.05, 0.1) is 6.61 Å². The molecule has 1 N–H and O–H groups in total. The van der Waals surface area contributed by atoms with Gasteiger partial charge in [0, 0.05) is 45.4 Å². The summed E-state index contributed by atoms with van der Waals surface area (Å²) in [5, 5.41) is 3.25. The van der Waals surface area contributed by atoms with E-state index in [1.54, 1.807) is 7.11 Å². The Morgan fingerprint density at radius 3 is 2.73 bits per heavy atom. The van der Waals surface area contributed by atoms with Crippen molar-refractivity contribution in [2.45, 2.75) is 19.0 Å². The Morgan fingerprint density at radius 2 is 2.20 bits per heavy atom. The second-order valence-electron chi connectivity index (χ2n) is 4.52. The normalized spacial score (nSPS) is 26.8. The number of ether oxygens (including phenoxy) is 1. The molecule has 0 aromatic carbocycles. The number of nitrogens with one attached hydrogen (secondary N) is 1. The van der Waals surface area contributed by atoms with Gasteiger partial charge in [-0.3, -0.25) is 4.90 Å². The molecule has 1 fully saturated rings. The molecule has 0 aromatic rings. The zero-order chi connectivity index (χ0) is 11.3. The van der Waals surface area contributed by atoms with E-state index >= 15 is 0 Å². The topological polar surface area (TPSA) is 27.7 Å². The van der Waals surface area contributed by atoms with E-state index in [4.69, 9.17) is 4.74 Å². The Balaban J connectivity index is 2.50. The van der Waals surface area contributed by atoms with E-state index < -0.39 is 0 Å². The number of likely N-dealkylation sites (N-methyl/N-ethyl adjacent to an activating group) is 2. The van der Waals surface area contributed by atoms with Crippen molar-refractivity contribution in [1.29, 1.82) is 0 Å². The van der Waals surface area contributed by atoms with Crippen LogP contribution < -0.4 is 5.32 Å². The highest BCUT2D eigenvalue weighted by molar-refractivity contribution is 4.84. The minimum atomic E-state index is 0.503. The minimum absolute atomic E-state index is 0.503. The number of rotatable bonds is 5. The number of hydrogen-bond donors (Lipinski definition) is 1. The van der Waals surface area contributed by atoms with Crippen LogP contribution in [0.2, 0.25) is 0 Å². The van der Waals surface area contributed by atoms with Gasteiger partial charge in [0.15, 0.2) is 0 Å². The highest BCUT2D eigenvalue weighted by atomic mass is 16.5. The maximum Gasteiger partial charge on any atom is 0.0630 e. The molecule has 0 aromatic heterocycles. The Labute approximate surface area is 93.6 Å². The summed E-state index contributed by atoms with van der Waals surface area (Å²) in [6.45, 7) is 7.58. The lowest BCUT2D eigenvalue weighted by Gasteiger charge is -2.42. The van der Waals surface area contributed by atoms with Gasteiger partial charge in [-0.15, -0.1) is 0 Å². The lowest BCUT2D eigenvalue weighted by Crippen LogP contribution is -2.57. The standard InChI is InChI=1S/C11H25N3O/c1-10-8-13(3)5-6-14(10)11(7-12-2)9-15-4/h10-12H,5-9H2,1-4H3. The third kappa shape index (κ3) is 3.72. The molecule has 1 saturated heterocycles. The van der Waals surface area contributed by atoms with Crippen molar-refractivity contribution in [1.82, 2.24) is 15.1 Å². The van der Waals surface area contributed by atoms with E-state index in [1.165, 1.54) is 0 Å². The Morgan fingerprint density at radius 1 is 1.47 bits per heavy atom. The van der Waals surface area contributed by atoms with E-state index in [1.807, 2.05) is 7.05 Å². The summed E-state index contributed by atoms with van der Waals surface area (Å²) in [5.41, 5.74) is 0. The van der Waals surface area contributed by atoms with Gasteiger partial charge in [-0.05, 0) is 21.0 Å². The second kappa shape index (κ2) is 6.43. The SMILES string of the molecule is CNCC(COC)N1CCN(C)CC1C. The highest BCUT2D eigenvalue weighted by Gasteiger charge is 2.27. The quantitative estimate of drug-likeness (QED) is 0.691. The molecule has 0 spiro atoms. The van der Waals surface area contributed by atoms with E-state index in [9.17, 15) is 0 Å². The fraction of sp³-hybridized carbons (Fsp3) is 1.00. The van der Waals surface area contributed by atoms with Gasteiger partial charge in [0.25, 0.3) is 0 Å². The van der Waals surface area contributed by atoms with Crippen LogP contribution in [0, 0.1) is 0 Å². The van der Waals surface area contributed by atoms with Crippen LogP contribution in [0.5, 0.6) is 0 Å². The van der Waals surface area contributed by atoms with Crippen LogP contribution in [0.15, 0.2) is 0 Å². The molecule has 0 bridgehead atoms. The third-order valence-corrected chi connectivity index (χ3v) is 3.15. The summed E-state index contributed by atoms with van der Waals surface area (Å²) >= 11 is 0. The maximum atomic E-state index is 5.29. The van der Waals surface area contributed by atoms with Crippen molar-refractivity contribution in [3.05, 3.63) is 0 Å². The number of methoxy groups -OCH3 is 1. The Bertz CT molecular complexity index is 171. The van der Waals surface area contributed by atoms with Gasteiger partial charge < -0.3 is 15.0 Å². The van der Waals surface area contributed by atoms with Crippen LogP contribution in [-0.4, -0.2) is 75.9 Å². The van der Waals surface area contributed by atoms with Crippen LogP contribution in [0.3, 0.4) is 0 Å². The fourth-order valence-electron chi connectivity index (χ4n) is 2.40. The first kappa shape index (κ1) is 12.9. The zero-order valence-electron chi connectivity index (χ0n) is 10.5. The molecule has 0 radical (unpaired) electrons. The Hall–Kier alpha value is -0.160. The molecule has 0 amide bonds. The van der Waals surface area contributed by atoms with Gasteiger partial charge in [-0.2, -0.15) is 0 Å². The molecule has 1 aliphatic rings. The van der Waals surface area contributed by atoms with E-state index in [0.29, 0.717) is 12.1 Å². The molecule has 0 saturated carbocycles. The van der Waals surface area contributed by atoms with Gasteiger partial charge in [-0.1, -0.05) is 0 Å². The minimum Gasteiger partial charge on any atom is -0.383 e. The van der Waals surface area contributed by atoms with E-state index in [-0.39, 0.29) is 0 Å². The monoisotopic (exact) mass is 215 g/mol. The van der Waals surface area contributed by atoms with E-state index in [0.717, 1.165) is 32.8 Å². The van der Waals surface area contributed by atoms with Crippen molar-refractivity contribution in [3.8, 4) is 0 Å². The predicted octanol–water partition coefficient (Wildman–Crippen LogP) is -0.143. The molecule has 4 nitrogen and oxygen atoms in total. The van der Waals surface area contributed by atoms with Crippen LogP contribution in [-0.2, 0) is 4.74 Å². The summed E-state index contributed by atoms with van der Waals surface area (Å²) in [5.74, 6) is 0. The summed E-state index contributed by atoms with van der Waals surface area (Å²) in [6.07, 6.45) is 0. The molecular formula is C11H25N3O. The zero-order valence-corrected chi connectivity index (χ0v) is 10.5. The third-order valence-electron chi connectivity index (χ3n) is 3.15. The van der Waals surface area contributed by atoms with Gasteiger partial charge in [-0.25, -0.2) is 0 Å². The first-order valence-electron chi connectivity index (χ1n) is 5.76. The lowest BCUT2D eigenvalue weighted by atomic mass is 10.1. The molecule has 1 heterocycles. The molecule has 2 atom stereocenters. The van der Waals surface area contributed by atoms with Gasteiger partial charge in [0.2, 0.25) is 0 Å². The predicted molar refractivity (Wildman–Crippen MR) is 63.3 cm³/mol. The Kier molecular flexibility index (Phi) is 5.53. The van der Waals surface area contributed by atoms with Crippen molar-refractivity contribution < 1.29 is 4.74 Å². The number of piperazine rings is 1. The molecule has 1 aliphatic heterocycles. The van der Waals surface area contributed by atoms with Crippen molar-refractivity contribution in [2.24, 2.45) is 0 Å². The average molecular weight is 215 g/mol. The molecule has 2 unspecified atom stereocenters. The van der Waals surface area contributed by atoms with Gasteiger partial charge in [0.1, 0.15) is 0 Å². The summed E-state index contributed by atoms with van der Waals surface area (Å²) in [4.78, 5) is 4.95. The van der Waals surface area contributed by atoms with Gasteiger partial charge >= 0.3 is 0 Å². The molecule has 4 heteroatoms. The molecule has 15 heavy (non-hydrogen) atoms. The van der Waals surface area contributed by atoms with E-state index in [2.05, 4.69) is 29.1 Å². The van der Waals surface area contributed by atoms with Crippen LogP contribution in [0.25, 0.3) is 0 Å². The number of nitrogens with zero attached hydrogens (tertiary/aromatic N) is 2. The van der Waals surface area contributed by atoms with Crippen molar-refractivity contribution in [2.75, 3.05) is 54.0 Å². The largest absolute Gasteiger partial charge is 0.383 e.